The van der Waals surface area contributed by atoms with Crippen molar-refractivity contribution in [1.29, 1.82) is 0 Å². The number of hydrogen-bond donors (Lipinski definition) is 2. The molecule has 0 aromatic heterocycles. The highest BCUT2D eigenvalue weighted by Gasteiger charge is 2.19. The van der Waals surface area contributed by atoms with Gasteiger partial charge in [0.15, 0.2) is 0 Å². The second kappa shape index (κ2) is 4.04. The van der Waals surface area contributed by atoms with Crippen LogP contribution in [0.1, 0.15) is 6.42 Å². The lowest BCUT2D eigenvalue weighted by molar-refractivity contribution is 0.0966. The quantitative estimate of drug-likeness (QED) is 0.628. The van der Waals surface area contributed by atoms with Gasteiger partial charge < -0.3 is 10.2 Å². The molecule has 0 rings (SSSR count). The van der Waals surface area contributed by atoms with Crippen molar-refractivity contribution in [2.75, 3.05) is 6.61 Å². The summed E-state index contributed by atoms with van der Waals surface area (Å²) in [6.07, 6.45) is -0.0686. The largest absolute Gasteiger partial charge is 0.394 e. The summed E-state index contributed by atoms with van der Waals surface area (Å²) in [7, 11) is -1.31. The van der Waals surface area contributed by atoms with Crippen molar-refractivity contribution in [2.45, 2.75) is 32.2 Å². The molecule has 0 heterocycles. The molecule has 2 nitrogen and oxygen atoms in total. The SMILES string of the molecule is C=C(C[C@@H](O)CO)[Si](C)(C)C. The van der Waals surface area contributed by atoms with Gasteiger partial charge in [-0.2, -0.15) is 0 Å². The van der Waals surface area contributed by atoms with E-state index in [0.717, 1.165) is 5.20 Å². The lowest BCUT2D eigenvalue weighted by atomic mass is 10.3. The maximum atomic E-state index is 9.10. The van der Waals surface area contributed by atoms with Crippen LogP contribution >= 0.6 is 0 Å². The summed E-state index contributed by atoms with van der Waals surface area (Å²) in [4.78, 5) is 0. The molecule has 0 aromatic rings. The Morgan fingerprint density at radius 2 is 1.91 bits per heavy atom. The summed E-state index contributed by atoms with van der Waals surface area (Å²) in [5.74, 6) is 0. The molecular formula is C8H18O2Si. The minimum atomic E-state index is -1.31. The lowest BCUT2D eigenvalue weighted by Gasteiger charge is -2.21. The Labute approximate surface area is 69.6 Å². The molecule has 0 fully saturated rings. The van der Waals surface area contributed by atoms with E-state index in [2.05, 4.69) is 26.2 Å². The molecule has 0 bridgehead atoms. The summed E-state index contributed by atoms with van der Waals surface area (Å²) >= 11 is 0. The second-order valence-electron chi connectivity index (χ2n) is 3.89. The van der Waals surface area contributed by atoms with Gasteiger partial charge in [0, 0.05) is 0 Å². The highest BCUT2D eigenvalue weighted by atomic mass is 28.3. The Morgan fingerprint density at radius 1 is 1.45 bits per heavy atom. The zero-order valence-corrected chi connectivity index (χ0v) is 8.59. The molecule has 0 aromatic carbocycles. The molecule has 0 saturated carbocycles. The van der Waals surface area contributed by atoms with Gasteiger partial charge in [0.25, 0.3) is 0 Å². The van der Waals surface area contributed by atoms with Gasteiger partial charge in [-0.1, -0.05) is 24.8 Å². The fourth-order valence-corrected chi connectivity index (χ4v) is 1.50. The molecule has 0 spiro atoms. The molecule has 0 aliphatic rings. The van der Waals surface area contributed by atoms with Crippen molar-refractivity contribution in [2.24, 2.45) is 0 Å². The van der Waals surface area contributed by atoms with Crippen LogP contribution in [0, 0.1) is 0 Å². The Kier molecular flexibility index (Phi) is 4.00. The van der Waals surface area contributed by atoms with E-state index < -0.39 is 14.2 Å². The molecule has 0 radical (unpaired) electrons. The molecule has 66 valence electrons. The van der Waals surface area contributed by atoms with Crippen molar-refractivity contribution in [3.63, 3.8) is 0 Å². The van der Waals surface area contributed by atoms with E-state index in [1.165, 1.54) is 0 Å². The predicted molar refractivity (Wildman–Crippen MR) is 50.2 cm³/mol. The lowest BCUT2D eigenvalue weighted by Crippen LogP contribution is -2.27. The van der Waals surface area contributed by atoms with Crippen LogP contribution in [0.25, 0.3) is 0 Å². The van der Waals surface area contributed by atoms with E-state index >= 15 is 0 Å². The summed E-state index contributed by atoms with van der Waals surface area (Å²) in [6.45, 7) is 10.3. The summed E-state index contributed by atoms with van der Waals surface area (Å²) in [5, 5.41) is 18.8. The number of rotatable bonds is 4. The first-order chi connectivity index (χ1) is 4.88. The topological polar surface area (TPSA) is 40.5 Å². The highest BCUT2D eigenvalue weighted by Crippen LogP contribution is 2.17. The van der Waals surface area contributed by atoms with Gasteiger partial charge in [0.05, 0.1) is 20.8 Å². The van der Waals surface area contributed by atoms with E-state index in [1.807, 2.05) is 0 Å². The van der Waals surface area contributed by atoms with Gasteiger partial charge in [-0.25, -0.2) is 0 Å². The van der Waals surface area contributed by atoms with Crippen LogP contribution in [0.5, 0.6) is 0 Å². The highest BCUT2D eigenvalue weighted by molar-refractivity contribution is 6.82. The molecule has 0 aliphatic carbocycles. The van der Waals surface area contributed by atoms with Crippen molar-refractivity contribution >= 4 is 8.07 Å². The molecule has 1 atom stereocenters. The average Bonchev–Trinajstić information content (AvgIpc) is 1.85. The third-order valence-corrected chi connectivity index (χ3v) is 4.08. The van der Waals surface area contributed by atoms with E-state index in [1.54, 1.807) is 0 Å². The van der Waals surface area contributed by atoms with Crippen molar-refractivity contribution in [3.8, 4) is 0 Å². The molecule has 0 amide bonds. The monoisotopic (exact) mass is 174 g/mol. The van der Waals surface area contributed by atoms with Crippen molar-refractivity contribution < 1.29 is 10.2 Å². The average molecular weight is 174 g/mol. The van der Waals surface area contributed by atoms with Crippen LogP contribution in [0.4, 0.5) is 0 Å². The fourth-order valence-electron chi connectivity index (χ4n) is 0.655. The van der Waals surface area contributed by atoms with E-state index in [4.69, 9.17) is 10.2 Å². The van der Waals surface area contributed by atoms with Gasteiger partial charge in [0.1, 0.15) is 0 Å². The minimum absolute atomic E-state index is 0.163. The number of aliphatic hydroxyl groups is 2. The zero-order valence-electron chi connectivity index (χ0n) is 7.59. The van der Waals surface area contributed by atoms with Crippen LogP contribution in [0.2, 0.25) is 19.6 Å². The number of hydrogen-bond acceptors (Lipinski definition) is 2. The third-order valence-electron chi connectivity index (χ3n) is 1.75. The minimum Gasteiger partial charge on any atom is -0.394 e. The Morgan fingerprint density at radius 3 is 2.18 bits per heavy atom. The van der Waals surface area contributed by atoms with E-state index in [0.29, 0.717) is 6.42 Å². The molecule has 11 heavy (non-hydrogen) atoms. The van der Waals surface area contributed by atoms with E-state index in [-0.39, 0.29) is 6.61 Å². The first kappa shape index (κ1) is 10.9. The Balaban J connectivity index is 3.88. The van der Waals surface area contributed by atoms with Crippen LogP contribution < -0.4 is 0 Å². The van der Waals surface area contributed by atoms with Crippen LogP contribution in [0.15, 0.2) is 11.8 Å². The van der Waals surface area contributed by atoms with Crippen LogP contribution in [-0.2, 0) is 0 Å². The number of aliphatic hydroxyl groups excluding tert-OH is 2. The third kappa shape index (κ3) is 4.34. The van der Waals surface area contributed by atoms with Crippen LogP contribution in [-0.4, -0.2) is 31.0 Å². The standard InChI is InChI=1S/C8H18O2Si/c1-7(11(2,3)4)5-8(10)6-9/h8-10H,1,5-6H2,2-4H3/t8-/m1/s1. The summed E-state index contributed by atoms with van der Waals surface area (Å²) < 4.78 is 0. The Bertz CT molecular complexity index is 138. The zero-order chi connectivity index (χ0) is 9.07. The van der Waals surface area contributed by atoms with Gasteiger partial charge in [-0.05, 0) is 6.42 Å². The molecule has 2 N–H and O–H groups in total. The molecule has 0 saturated heterocycles. The molecular weight excluding hydrogens is 156 g/mol. The van der Waals surface area contributed by atoms with Crippen LogP contribution in [0.3, 0.4) is 0 Å². The molecule has 0 unspecified atom stereocenters. The van der Waals surface area contributed by atoms with Crippen molar-refractivity contribution in [3.05, 3.63) is 11.8 Å². The van der Waals surface area contributed by atoms with Gasteiger partial charge in [-0.15, -0.1) is 6.58 Å². The van der Waals surface area contributed by atoms with Gasteiger partial charge in [-0.3, -0.25) is 0 Å². The smallest absolute Gasteiger partial charge is 0.0804 e. The normalized spacial score (nSPS) is 14.6. The van der Waals surface area contributed by atoms with Crippen molar-refractivity contribution in [1.82, 2.24) is 0 Å². The molecule has 3 heteroatoms. The fraction of sp³-hybridized carbons (Fsp3) is 0.750. The predicted octanol–water partition coefficient (Wildman–Crippen LogP) is 1.16. The first-order valence-electron chi connectivity index (χ1n) is 3.85. The maximum absolute atomic E-state index is 9.10. The first-order valence-corrected chi connectivity index (χ1v) is 7.35. The van der Waals surface area contributed by atoms with Gasteiger partial charge >= 0.3 is 0 Å². The second-order valence-corrected chi connectivity index (χ2v) is 9.10. The maximum Gasteiger partial charge on any atom is 0.0804 e. The summed E-state index contributed by atoms with van der Waals surface area (Å²) in [5.41, 5.74) is 0. The van der Waals surface area contributed by atoms with E-state index in [9.17, 15) is 0 Å². The Hall–Kier alpha value is -0.123. The molecule has 0 aliphatic heterocycles. The summed E-state index contributed by atoms with van der Waals surface area (Å²) in [6, 6.07) is 0. The van der Waals surface area contributed by atoms with Gasteiger partial charge in [0.2, 0.25) is 0 Å².